The molecule has 4 aromatic rings. The maximum absolute atomic E-state index is 11.9. The molecule has 0 fully saturated rings. The van der Waals surface area contributed by atoms with E-state index < -0.39 is 5.63 Å². The molecule has 0 spiro atoms. The van der Waals surface area contributed by atoms with Gasteiger partial charge in [0.25, 0.3) is 5.22 Å². The van der Waals surface area contributed by atoms with E-state index in [1.165, 1.54) is 17.8 Å². The summed E-state index contributed by atoms with van der Waals surface area (Å²) in [5.41, 5.74) is 1.60. The molecule has 146 valence electrons. The summed E-state index contributed by atoms with van der Waals surface area (Å²) < 4.78 is 26.9. The molecule has 1 aliphatic rings. The van der Waals surface area contributed by atoms with Gasteiger partial charge in [0, 0.05) is 28.8 Å². The minimum atomic E-state index is -0.423. The van der Waals surface area contributed by atoms with Crippen molar-refractivity contribution in [2.75, 3.05) is 13.9 Å². The predicted octanol–water partition coefficient (Wildman–Crippen LogP) is 3.87. The van der Waals surface area contributed by atoms with Crippen molar-refractivity contribution in [1.29, 1.82) is 0 Å². The Balaban J connectivity index is 1.38. The highest BCUT2D eigenvalue weighted by atomic mass is 32.2. The van der Waals surface area contributed by atoms with Gasteiger partial charge < -0.3 is 23.0 Å². The van der Waals surface area contributed by atoms with Crippen LogP contribution in [0.5, 0.6) is 17.2 Å². The van der Waals surface area contributed by atoms with E-state index in [-0.39, 0.29) is 6.79 Å². The molecule has 0 saturated carbocycles. The van der Waals surface area contributed by atoms with Crippen molar-refractivity contribution < 1.29 is 23.0 Å². The van der Waals surface area contributed by atoms with E-state index in [0.717, 1.165) is 16.5 Å². The average molecular weight is 410 g/mol. The van der Waals surface area contributed by atoms with Crippen LogP contribution in [0.3, 0.4) is 0 Å². The lowest BCUT2D eigenvalue weighted by atomic mass is 10.1. The van der Waals surface area contributed by atoms with Gasteiger partial charge in [0.15, 0.2) is 11.5 Å². The fourth-order valence-corrected chi connectivity index (χ4v) is 3.76. The predicted molar refractivity (Wildman–Crippen MR) is 104 cm³/mol. The Hall–Kier alpha value is -3.46. The number of fused-ring (bicyclic) bond motifs is 2. The number of hydrogen-bond acceptors (Lipinski definition) is 9. The second-order valence-corrected chi connectivity index (χ2v) is 7.11. The lowest BCUT2D eigenvalue weighted by molar-refractivity contribution is 0.174. The first-order chi connectivity index (χ1) is 14.2. The van der Waals surface area contributed by atoms with Gasteiger partial charge in [0.2, 0.25) is 12.7 Å². The van der Waals surface area contributed by atoms with Crippen molar-refractivity contribution >= 4 is 22.7 Å². The first-order valence-corrected chi connectivity index (χ1v) is 9.65. The zero-order valence-electron chi connectivity index (χ0n) is 15.2. The van der Waals surface area contributed by atoms with Gasteiger partial charge in [-0.1, -0.05) is 11.8 Å². The third-order valence-corrected chi connectivity index (χ3v) is 5.28. The monoisotopic (exact) mass is 410 g/mol. The van der Waals surface area contributed by atoms with Gasteiger partial charge in [-0.3, -0.25) is 0 Å². The highest BCUT2D eigenvalue weighted by Gasteiger charge is 2.17. The van der Waals surface area contributed by atoms with Crippen molar-refractivity contribution in [2.45, 2.75) is 11.0 Å². The first-order valence-electron chi connectivity index (χ1n) is 8.67. The van der Waals surface area contributed by atoms with Gasteiger partial charge in [-0.25, -0.2) is 4.79 Å². The fourth-order valence-electron chi connectivity index (χ4n) is 3.01. The Morgan fingerprint density at radius 2 is 1.93 bits per heavy atom. The van der Waals surface area contributed by atoms with Crippen LogP contribution in [0, 0.1) is 0 Å². The number of nitrogens with zero attached hydrogens (tertiary/aromatic N) is 2. The SMILES string of the molecule is COc1ccc2c(CSc3nnc(-c4ccc5c(c4)OCO5)o3)cc(=O)oc2c1. The van der Waals surface area contributed by atoms with Crippen molar-refractivity contribution in [3.63, 3.8) is 0 Å². The summed E-state index contributed by atoms with van der Waals surface area (Å²) in [7, 11) is 1.56. The molecule has 2 aromatic carbocycles. The Labute approximate surface area is 168 Å². The maximum atomic E-state index is 11.9. The summed E-state index contributed by atoms with van der Waals surface area (Å²) in [5, 5.41) is 9.40. The molecule has 2 aromatic heterocycles. The van der Waals surface area contributed by atoms with Crippen LogP contribution in [-0.2, 0) is 5.75 Å². The molecule has 0 saturated heterocycles. The quantitative estimate of drug-likeness (QED) is 0.359. The molecular formula is C20H14N2O6S. The van der Waals surface area contributed by atoms with Gasteiger partial charge in [-0.05, 0) is 35.9 Å². The fraction of sp³-hybridized carbons (Fsp3) is 0.150. The minimum absolute atomic E-state index is 0.203. The summed E-state index contributed by atoms with van der Waals surface area (Å²) in [6.45, 7) is 0.203. The number of rotatable bonds is 5. The summed E-state index contributed by atoms with van der Waals surface area (Å²) in [6, 6.07) is 12.3. The lowest BCUT2D eigenvalue weighted by Crippen LogP contribution is -2.00. The number of ether oxygens (including phenoxy) is 3. The van der Waals surface area contributed by atoms with Crippen LogP contribution in [0.1, 0.15) is 5.56 Å². The van der Waals surface area contributed by atoms with Crippen LogP contribution in [0.15, 0.2) is 61.3 Å². The van der Waals surface area contributed by atoms with Crippen molar-refractivity contribution in [3.8, 4) is 28.7 Å². The molecule has 29 heavy (non-hydrogen) atoms. The topological polar surface area (TPSA) is 96.8 Å². The van der Waals surface area contributed by atoms with Gasteiger partial charge in [-0.15, -0.1) is 10.2 Å². The van der Waals surface area contributed by atoms with Gasteiger partial charge in [0.1, 0.15) is 11.3 Å². The molecule has 8 nitrogen and oxygen atoms in total. The smallest absolute Gasteiger partial charge is 0.336 e. The zero-order chi connectivity index (χ0) is 19.8. The Kier molecular flexibility index (Phi) is 4.36. The molecule has 0 bridgehead atoms. The zero-order valence-corrected chi connectivity index (χ0v) is 16.0. The molecule has 0 N–H and O–H groups in total. The van der Waals surface area contributed by atoms with Gasteiger partial charge in [0.05, 0.1) is 7.11 Å². The lowest BCUT2D eigenvalue weighted by Gasteiger charge is -2.05. The summed E-state index contributed by atoms with van der Waals surface area (Å²) >= 11 is 1.34. The van der Waals surface area contributed by atoms with Crippen LogP contribution in [0.2, 0.25) is 0 Å². The summed E-state index contributed by atoms with van der Waals surface area (Å²) in [4.78, 5) is 11.9. The molecule has 0 atom stereocenters. The summed E-state index contributed by atoms with van der Waals surface area (Å²) in [6.07, 6.45) is 0. The van der Waals surface area contributed by atoms with E-state index in [1.54, 1.807) is 25.3 Å². The van der Waals surface area contributed by atoms with E-state index in [4.69, 9.17) is 23.0 Å². The second-order valence-electron chi connectivity index (χ2n) is 6.18. The highest BCUT2D eigenvalue weighted by molar-refractivity contribution is 7.98. The molecule has 9 heteroatoms. The second kappa shape index (κ2) is 7.17. The van der Waals surface area contributed by atoms with E-state index in [9.17, 15) is 4.79 Å². The number of aromatic nitrogens is 2. The van der Waals surface area contributed by atoms with Crippen LogP contribution >= 0.6 is 11.8 Å². The van der Waals surface area contributed by atoms with Crippen LogP contribution in [-0.4, -0.2) is 24.1 Å². The van der Waals surface area contributed by atoms with Crippen molar-refractivity contribution in [3.05, 3.63) is 58.4 Å². The molecule has 1 aliphatic heterocycles. The number of hydrogen-bond donors (Lipinski definition) is 0. The average Bonchev–Trinajstić information content (AvgIpc) is 3.40. The molecule has 0 amide bonds. The highest BCUT2D eigenvalue weighted by Crippen LogP contribution is 2.36. The molecule has 0 unspecified atom stereocenters. The molecule has 3 heterocycles. The van der Waals surface area contributed by atoms with E-state index >= 15 is 0 Å². The van der Waals surface area contributed by atoms with E-state index in [1.807, 2.05) is 18.2 Å². The molecular weight excluding hydrogens is 396 g/mol. The molecule has 0 radical (unpaired) electrons. The maximum Gasteiger partial charge on any atom is 0.336 e. The van der Waals surface area contributed by atoms with E-state index in [2.05, 4.69) is 10.2 Å². The van der Waals surface area contributed by atoms with Crippen LogP contribution < -0.4 is 19.8 Å². The first kappa shape index (κ1) is 17.6. The molecule has 5 rings (SSSR count). The van der Waals surface area contributed by atoms with E-state index in [0.29, 0.717) is 39.7 Å². The van der Waals surface area contributed by atoms with Crippen molar-refractivity contribution in [2.24, 2.45) is 0 Å². The normalized spacial score (nSPS) is 12.4. The van der Waals surface area contributed by atoms with Gasteiger partial charge >= 0.3 is 5.63 Å². The minimum Gasteiger partial charge on any atom is -0.497 e. The molecule has 0 aliphatic carbocycles. The number of benzene rings is 2. The van der Waals surface area contributed by atoms with Crippen LogP contribution in [0.4, 0.5) is 0 Å². The Bertz CT molecular complexity index is 1270. The third-order valence-electron chi connectivity index (χ3n) is 4.41. The largest absolute Gasteiger partial charge is 0.497 e. The Morgan fingerprint density at radius 1 is 1.03 bits per heavy atom. The standard InChI is InChI=1S/C20H14N2O6S/c1-24-13-3-4-14-12(7-18(23)27-16(14)8-13)9-29-20-22-21-19(28-20)11-2-5-15-17(6-11)26-10-25-15/h2-8H,9-10H2,1H3. The third kappa shape index (κ3) is 3.40. The van der Waals surface area contributed by atoms with Gasteiger partial charge in [-0.2, -0.15) is 0 Å². The summed E-state index contributed by atoms with van der Waals surface area (Å²) in [5.74, 6) is 2.81. The Morgan fingerprint density at radius 3 is 2.83 bits per heavy atom. The number of thioether (sulfide) groups is 1. The van der Waals surface area contributed by atoms with Crippen LogP contribution in [0.25, 0.3) is 22.4 Å². The van der Waals surface area contributed by atoms with Crippen molar-refractivity contribution in [1.82, 2.24) is 10.2 Å². The number of methoxy groups -OCH3 is 1.